The summed E-state index contributed by atoms with van der Waals surface area (Å²) in [6.45, 7) is 4.20. The lowest BCUT2D eigenvalue weighted by Crippen LogP contribution is -2.43. The maximum atomic E-state index is 12.3. The highest BCUT2D eigenvalue weighted by Gasteiger charge is 2.19. The van der Waals surface area contributed by atoms with Gasteiger partial charge in [-0.05, 0) is 48.1 Å². The van der Waals surface area contributed by atoms with Gasteiger partial charge in [0.15, 0.2) is 5.96 Å². The van der Waals surface area contributed by atoms with Crippen LogP contribution in [0, 0.1) is 0 Å². The van der Waals surface area contributed by atoms with E-state index in [4.69, 9.17) is 0 Å². The molecule has 0 aliphatic carbocycles. The van der Waals surface area contributed by atoms with E-state index in [0.29, 0.717) is 6.54 Å². The first kappa shape index (κ1) is 19.3. The number of rotatable bonds is 3. The van der Waals surface area contributed by atoms with Gasteiger partial charge in [-0.2, -0.15) is 0 Å². The summed E-state index contributed by atoms with van der Waals surface area (Å²) in [5, 5.41) is 6.49. The molecule has 1 fully saturated rings. The fraction of sp³-hybridized carbons (Fsp3) is 0.391. The molecule has 0 aromatic heterocycles. The van der Waals surface area contributed by atoms with Crippen molar-refractivity contribution in [3.8, 4) is 0 Å². The molecule has 2 aromatic carbocycles. The third-order valence-corrected chi connectivity index (χ3v) is 5.66. The number of hydrogen-bond donors (Lipinski definition) is 2. The number of aliphatic imine (C=N–C) groups is 1. The van der Waals surface area contributed by atoms with Crippen LogP contribution < -0.4 is 10.6 Å². The fourth-order valence-corrected chi connectivity index (χ4v) is 4.07. The van der Waals surface area contributed by atoms with Crippen LogP contribution >= 0.6 is 0 Å². The Morgan fingerprint density at radius 3 is 2.59 bits per heavy atom. The van der Waals surface area contributed by atoms with Crippen molar-refractivity contribution in [2.24, 2.45) is 4.99 Å². The van der Waals surface area contributed by atoms with E-state index in [1.807, 2.05) is 30.1 Å². The first-order valence-electron chi connectivity index (χ1n) is 10.4. The van der Waals surface area contributed by atoms with Crippen molar-refractivity contribution in [1.29, 1.82) is 0 Å². The van der Waals surface area contributed by atoms with Gasteiger partial charge in [0.05, 0.1) is 0 Å². The highest BCUT2D eigenvalue weighted by molar-refractivity contribution is 5.89. The third kappa shape index (κ3) is 4.70. The molecular weight excluding hydrogens is 362 g/mol. The van der Waals surface area contributed by atoms with Crippen molar-refractivity contribution in [3.05, 3.63) is 65.2 Å². The predicted octanol–water partition coefficient (Wildman–Crippen LogP) is 3.45. The molecule has 2 N–H and O–H groups in total. The van der Waals surface area contributed by atoms with Crippen LogP contribution in [0.25, 0.3) is 0 Å². The van der Waals surface area contributed by atoms with Crippen molar-refractivity contribution in [3.63, 3.8) is 0 Å². The second-order valence-corrected chi connectivity index (χ2v) is 7.67. The predicted molar refractivity (Wildman–Crippen MR) is 117 cm³/mol. The normalized spacial score (nSPS) is 16.5. The molecule has 2 aromatic rings. The van der Waals surface area contributed by atoms with Gasteiger partial charge in [0.1, 0.15) is 0 Å². The van der Waals surface area contributed by atoms with Gasteiger partial charge in [0, 0.05) is 45.5 Å². The van der Waals surface area contributed by atoms with Crippen LogP contribution in [0.1, 0.15) is 29.5 Å². The smallest absolute Gasteiger partial charge is 0.321 e. The molecule has 2 aliphatic rings. The lowest BCUT2D eigenvalue weighted by molar-refractivity contribution is 0.222. The van der Waals surface area contributed by atoms with Gasteiger partial charge < -0.3 is 20.4 Å². The Hall–Kier alpha value is -3.02. The molecule has 0 radical (unpaired) electrons. The Labute approximate surface area is 172 Å². The largest absolute Gasteiger partial charge is 0.352 e. The fourth-order valence-electron chi connectivity index (χ4n) is 4.07. The van der Waals surface area contributed by atoms with Crippen LogP contribution in [-0.2, 0) is 19.5 Å². The Bertz CT molecular complexity index is 888. The molecule has 6 heteroatoms. The maximum absolute atomic E-state index is 12.3. The van der Waals surface area contributed by atoms with E-state index in [1.165, 1.54) is 11.1 Å². The van der Waals surface area contributed by atoms with Gasteiger partial charge in [0.2, 0.25) is 0 Å². The van der Waals surface area contributed by atoms with Gasteiger partial charge >= 0.3 is 6.03 Å². The number of fused-ring (bicyclic) bond motifs is 1. The first-order valence-corrected chi connectivity index (χ1v) is 10.4. The molecule has 0 atom stereocenters. The molecule has 1 saturated heterocycles. The quantitative estimate of drug-likeness (QED) is 0.622. The van der Waals surface area contributed by atoms with Crippen molar-refractivity contribution < 1.29 is 4.79 Å². The van der Waals surface area contributed by atoms with Crippen LogP contribution in [0.3, 0.4) is 0 Å². The number of amides is 2. The zero-order valence-corrected chi connectivity index (χ0v) is 17.0. The Morgan fingerprint density at radius 2 is 1.79 bits per heavy atom. The van der Waals surface area contributed by atoms with Crippen LogP contribution in [0.4, 0.5) is 10.5 Å². The van der Waals surface area contributed by atoms with Crippen molar-refractivity contribution in [2.45, 2.75) is 32.4 Å². The summed E-state index contributed by atoms with van der Waals surface area (Å²) in [6.07, 6.45) is 3.23. The van der Waals surface area contributed by atoms with E-state index in [-0.39, 0.29) is 6.03 Å². The van der Waals surface area contributed by atoms with Crippen molar-refractivity contribution in [2.75, 3.05) is 32.0 Å². The molecule has 0 bridgehead atoms. The lowest BCUT2D eigenvalue weighted by Gasteiger charge is -2.31. The SMILES string of the molecule is CN=C(NCc1cccc(NC(=O)N2CCCC2)c1)N1CCc2ccccc2C1. The Kier molecular flexibility index (Phi) is 5.98. The number of anilines is 1. The van der Waals surface area contributed by atoms with E-state index in [9.17, 15) is 4.79 Å². The molecule has 0 unspecified atom stereocenters. The van der Waals surface area contributed by atoms with E-state index < -0.39 is 0 Å². The van der Waals surface area contributed by atoms with Gasteiger partial charge in [-0.25, -0.2) is 4.79 Å². The monoisotopic (exact) mass is 391 g/mol. The number of likely N-dealkylation sites (tertiary alicyclic amines) is 1. The zero-order chi connectivity index (χ0) is 20.1. The summed E-state index contributed by atoms with van der Waals surface area (Å²) in [5.41, 5.74) is 4.75. The third-order valence-electron chi connectivity index (χ3n) is 5.66. The standard InChI is InChI=1S/C23H29N5O/c1-24-22(28-14-11-19-8-2-3-9-20(19)17-28)25-16-18-7-6-10-21(15-18)26-23(29)27-12-4-5-13-27/h2-3,6-10,15H,4-5,11-14,16-17H2,1H3,(H,24,25)(H,26,29). The average molecular weight is 392 g/mol. The lowest BCUT2D eigenvalue weighted by atomic mass is 10.0. The van der Waals surface area contributed by atoms with Crippen molar-refractivity contribution in [1.82, 2.24) is 15.1 Å². The van der Waals surface area contributed by atoms with Crippen LogP contribution in [0.15, 0.2) is 53.5 Å². The first-order chi connectivity index (χ1) is 14.2. The average Bonchev–Trinajstić information content (AvgIpc) is 3.29. The number of nitrogens with zero attached hydrogens (tertiary/aromatic N) is 3. The molecule has 29 heavy (non-hydrogen) atoms. The highest BCUT2D eigenvalue weighted by Crippen LogP contribution is 2.19. The molecule has 2 amide bonds. The minimum Gasteiger partial charge on any atom is -0.352 e. The molecule has 152 valence electrons. The van der Waals surface area contributed by atoms with Crippen LogP contribution in [0.5, 0.6) is 0 Å². The molecule has 0 spiro atoms. The Morgan fingerprint density at radius 1 is 1.00 bits per heavy atom. The maximum Gasteiger partial charge on any atom is 0.321 e. The number of nitrogens with one attached hydrogen (secondary N) is 2. The van der Waals surface area contributed by atoms with Gasteiger partial charge in [-0.15, -0.1) is 0 Å². The molecule has 2 aliphatic heterocycles. The summed E-state index contributed by atoms with van der Waals surface area (Å²) >= 11 is 0. The highest BCUT2D eigenvalue weighted by atomic mass is 16.2. The van der Waals surface area contributed by atoms with Gasteiger partial charge in [0.25, 0.3) is 0 Å². The number of hydrogen-bond acceptors (Lipinski definition) is 2. The van der Waals surface area contributed by atoms with Gasteiger partial charge in [-0.3, -0.25) is 4.99 Å². The number of benzene rings is 2. The minimum absolute atomic E-state index is 0.00426. The van der Waals surface area contributed by atoms with Crippen LogP contribution in [-0.4, -0.2) is 48.5 Å². The molecule has 6 nitrogen and oxygen atoms in total. The minimum atomic E-state index is -0.00426. The van der Waals surface area contributed by atoms with E-state index in [0.717, 1.165) is 62.7 Å². The summed E-state index contributed by atoms with van der Waals surface area (Å²) in [7, 11) is 1.83. The summed E-state index contributed by atoms with van der Waals surface area (Å²) in [5.74, 6) is 0.908. The van der Waals surface area contributed by atoms with Gasteiger partial charge in [-0.1, -0.05) is 36.4 Å². The number of guanidine groups is 1. The molecule has 0 saturated carbocycles. The molecule has 2 heterocycles. The Balaban J connectivity index is 1.35. The second kappa shape index (κ2) is 8.99. The van der Waals surface area contributed by atoms with E-state index in [1.54, 1.807) is 0 Å². The van der Waals surface area contributed by atoms with Crippen LogP contribution in [0.2, 0.25) is 0 Å². The van der Waals surface area contributed by atoms with E-state index >= 15 is 0 Å². The summed E-state index contributed by atoms with van der Waals surface area (Å²) in [4.78, 5) is 21.0. The number of urea groups is 1. The zero-order valence-electron chi connectivity index (χ0n) is 17.0. The molecule has 4 rings (SSSR count). The summed E-state index contributed by atoms with van der Waals surface area (Å²) in [6, 6.07) is 16.6. The van der Waals surface area contributed by atoms with Crippen molar-refractivity contribution >= 4 is 17.7 Å². The molecular formula is C23H29N5O. The topological polar surface area (TPSA) is 60.0 Å². The second-order valence-electron chi connectivity index (χ2n) is 7.67. The van der Waals surface area contributed by atoms with E-state index in [2.05, 4.69) is 50.9 Å². The number of carbonyl (C=O) groups excluding carboxylic acids is 1. The number of carbonyl (C=O) groups is 1. The summed E-state index contributed by atoms with van der Waals surface area (Å²) < 4.78 is 0.